The molecule has 1 aliphatic rings. The van der Waals surface area contributed by atoms with Crippen molar-refractivity contribution in [3.8, 4) is 0 Å². The zero-order chi connectivity index (χ0) is 14.0. The molecule has 0 amide bonds. The standard InChI is InChI=1S/C17H25NO/c1-13-7-5-9-15(11-13)16(19)17(18(3)4)10-6-8-14(2)12-17/h5,7,9,11,14H,6,8,10,12H2,1-4H3. The molecule has 0 radical (unpaired) electrons. The Bertz CT molecular complexity index is 466. The van der Waals surface area contributed by atoms with Gasteiger partial charge in [-0.3, -0.25) is 9.69 Å². The first kappa shape index (κ1) is 14.3. The molecule has 0 bridgehead atoms. The zero-order valence-electron chi connectivity index (χ0n) is 12.6. The van der Waals surface area contributed by atoms with Crippen LogP contribution in [0.4, 0.5) is 0 Å². The van der Waals surface area contributed by atoms with Crippen LogP contribution in [-0.4, -0.2) is 30.3 Å². The van der Waals surface area contributed by atoms with Gasteiger partial charge in [0.05, 0.1) is 5.54 Å². The summed E-state index contributed by atoms with van der Waals surface area (Å²) in [5.41, 5.74) is 1.72. The van der Waals surface area contributed by atoms with Gasteiger partial charge in [0.1, 0.15) is 0 Å². The highest BCUT2D eigenvalue weighted by Crippen LogP contribution is 2.38. The van der Waals surface area contributed by atoms with Crippen LogP contribution in [0.1, 0.15) is 48.5 Å². The summed E-state index contributed by atoms with van der Waals surface area (Å²) in [5.74, 6) is 0.928. The lowest BCUT2D eigenvalue weighted by atomic mass is 9.71. The van der Waals surface area contributed by atoms with Crippen LogP contribution in [-0.2, 0) is 0 Å². The molecule has 2 unspecified atom stereocenters. The Balaban J connectivity index is 2.36. The molecule has 1 aliphatic carbocycles. The van der Waals surface area contributed by atoms with Crippen LogP contribution in [0.3, 0.4) is 0 Å². The molecule has 1 aromatic carbocycles. The number of likely N-dealkylation sites (N-methyl/N-ethyl adjacent to an activating group) is 1. The van der Waals surface area contributed by atoms with Gasteiger partial charge < -0.3 is 0 Å². The van der Waals surface area contributed by atoms with Gasteiger partial charge >= 0.3 is 0 Å². The fraction of sp³-hybridized carbons (Fsp3) is 0.588. The molecular weight excluding hydrogens is 234 g/mol. The SMILES string of the molecule is Cc1cccc(C(=O)C2(N(C)C)CCCC(C)C2)c1. The molecule has 104 valence electrons. The van der Waals surface area contributed by atoms with Gasteiger partial charge in [-0.15, -0.1) is 0 Å². The van der Waals surface area contributed by atoms with Gasteiger partial charge in [-0.05, 0) is 45.8 Å². The maximum absolute atomic E-state index is 13.0. The molecule has 2 nitrogen and oxygen atoms in total. The van der Waals surface area contributed by atoms with Gasteiger partial charge in [-0.25, -0.2) is 0 Å². The average Bonchev–Trinajstić information content (AvgIpc) is 2.37. The Morgan fingerprint density at radius 2 is 2.11 bits per heavy atom. The number of carbonyl (C=O) groups is 1. The third-order valence-corrected chi connectivity index (χ3v) is 4.53. The van der Waals surface area contributed by atoms with Crippen LogP contribution in [0.5, 0.6) is 0 Å². The van der Waals surface area contributed by atoms with Crippen LogP contribution < -0.4 is 0 Å². The first-order valence-corrected chi connectivity index (χ1v) is 7.24. The second kappa shape index (κ2) is 5.46. The fourth-order valence-electron chi connectivity index (χ4n) is 3.39. The summed E-state index contributed by atoms with van der Waals surface area (Å²) in [7, 11) is 4.09. The largest absolute Gasteiger partial charge is 0.297 e. The van der Waals surface area contributed by atoms with Crippen molar-refractivity contribution in [2.45, 2.75) is 45.1 Å². The van der Waals surface area contributed by atoms with Gasteiger partial charge in [0.2, 0.25) is 0 Å². The van der Waals surface area contributed by atoms with Crippen molar-refractivity contribution in [1.82, 2.24) is 4.90 Å². The summed E-state index contributed by atoms with van der Waals surface area (Å²) < 4.78 is 0. The number of hydrogen-bond acceptors (Lipinski definition) is 2. The first-order chi connectivity index (χ1) is 8.95. The van der Waals surface area contributed by atoms with Crippen molar-refractivity contribution in [2.75, 3.05) is 14.1 Å². The number of carbonyl (C=O) groups excluding carboxylic acids is 1. The van der Waals surface area contributed by atoms with E-state index in [1.165, 1.54) is 6.42 Å². The van der Waals surface area contributed by atoms with E-state index in [1.807, 2.05) is 45.3 Å². The van der Waals surface area contributed by atoms with E-state index in [4.69, 9.17) is 0 Å². The van der Waals surface area contributed by atoms with E-state index in [0.29, 0.717) is 11.7 Å². The van der Waals surface area contributed by atoms with Crippen molar-refractivity contribution >= 4 is 5.78 Å². The molecular formula is C17H25NO. The summed E-state index contributed by atoms with van der Waals surface area (Å²) in [6.45, 7) is 4.31. The third kappa shape index (κ3) is 2.74. The summed E-state index contributed by atoms with van der Waals surface area (Å²) in [4.78, 5) is 15.2. The molecule has 2 rings (SSSR count). The third-order valence-electron chi connectivity index (χ3n) is 4.53. The van der Waals surface area contributed by atoms with Gasteiger partial charge in [0.25, 0.3) is 0 Å². The Labute approximate surface area is 116 Å². The lowest BCUT2D eigenvalue weighted by Crippen LogP contribution is -2.53. The molecule has 2 atom stereocenters. The fourth-order valence-corrected chi connectivity index (χ4v) is 3.39. The first-order valence-electron chi connectivity index (χ1n) is 7.24. The van der Waals surface area contributed by atoms with Gasteiger partial charge in [-0.2, -0.15) is 0 Å². The number of Topliss-reactive ketones (excluding diaryl/α,β-unsaturated/α-hetero) is 1. The van der Waals surface area contributed by atoms with Gasteiger partial charge in [0, 0.05) is 5.56 Å². The Kier molecular flexibility index (Phi) is 4.10. The number of rotatable bonds is 3. The van der Waals surface area contributed by atoms with Crippen LogP contribution in [0.15, 0.2) is 24.3 Å². The maximum Gasteiger partial charge on any atom is 0.183 e. The highest BCUT2D eigenvalue weighted by Gasteiger charge is 2.43. The minimum Gasteiger partial charge on any atom is -0.297 e. The molecule has 1 fully saturated rings. The van der Waals surface area contributed by atoms with Crippen LogP contribution >= 0.6 is 0 Å². The second-order valence-electron chi connectivity index (χ2n) is 6.33. The van der Waals surface area contributed by atoms with Crippen molar-refractivity contribution in [3.63, 3.8) is 0 Å². The van der Waals surface area contributed by atoms with Crippen molar-refractivity contribution < 1.29 is 4.79 Å². The normalized spacial score (nSPS) is 27.5. The Hall–Kier alpha value is -1.15. The lowest BCUT2D eigenvalue weighted by molar-refractivity contribution is 0.0486. The van der Waals surface area contributed by atoms with E-state index in [0.717, 1.165) is 30.4 Å². The van der Waals surface area contributed by atoms with Crippen LogP contribution in [0.25, 0.3) is 0 Å². The molecule has 0 N–H and O–H groups in total. The summed E-state index contributed by atoms with van der Waals surface area (Å²) in [5, 5.41) is 0. The lowest BCUT2D eigenvalue weighted by Gasteiger charge is -2.43. The van der Waals surface area contributed by atoms with E-state index < -0.39 is 0 Å². The van der Waals surface area contributed by atoms with E-state index in [2.05, 4.69) is 11.8 Å². The van der Waals surface area contributed by atoms with E-state index >= 15 is 0 Å². The smallest absolute Gasteiger partial charge is 0.183 e. The highest BCUT2D eigenvalue weighted by molar-refractivity contribution is 6.03. The maximum atomic E-state index is 13.0. The van der Waals surface area contributed by atoms with Crippen molar-refractivity contribution in [2.24, 2.45) is 5.92 Å². The number of aryl methyl sites for hydroxylation is 1. The number of benzene rings is 1. The highest BCUT2D eigenvalue weighted by atomic mass is 16.1. The van der Waals surface area contributed by atoms with E-state index in [1.54, 1.807) is 0 Å². The molecule has 0 spiro atoms. The molecule has 19 heavy (non-hydrogen) atoms. The second-order valence-corrected chi connectivity index (χ2v) is 6.33. The van der Waals surface area contributed by atoms with Crippen LogP contribution in [0, 0.1) is 12.8 Å². The molecule has 0 aliphatic heterocycles. The number of hydrogen-bond donors (Lipinski definition) is 0. The molecule has 1 aromatic rings. The summed E-state index contributed by atoms with van der Waals surface area (Å²) in [6, 6.07) is 8.01. The van der Waals surface area contributed by atoms with Crippen molar-refractivity contribution in [1.29, 1.82) is 0 Å². The Morgan fingerprint density at radius 3 is 2.68 bits per heavy atom. The average molecular weight is 259 g/mol. The minimum absolute atomic E-state index is 0.299. The molecule has 1 saturated carbocycles. The minimum atomic E-state index is -0.300. The molecule has 0 heterocycles. The van der Waals surface area contributed by atoms with Crippen LogP contribution in [0.2, 0.25) is 0 Å². The topological polar surface area (TPSA) is 20.3 Å². The number of ketones is 1. The summed E-state index contributed by atoms with van der Waals surface area (Å²) in [6.07, 6.45) is 4.36. The predicted molar refractivity (Wildman–Crippen MR) is 79.6 cm³/mol. The Morgan fingerprint density at radius 1 is 1.37 bits per heavy atom. The molecule has 0 saturated heterocycles. The predicted octanol–water partition coefficient (Wildman–Crippen LogP) is 3.69. The monoisotopic (exact) mass is 259 g/mol. The van der Waals surface area contributed by atoms with Crippen molar-refractivity contribution in [3.05, 3.63) is 35.4 Å². The zero-order valence-corrected chi connectivity index (χ0v) is 12.6. The quantitative estimate of drug-likeness (QED) is 0.772. The van der Waals surface area contributed by atoms with E-state index in [9.17, 15) is 4.79 Å². The molecule has 0 aromatic heterocycles. The van der Waals surface area contributed by atoms with Gasteiger partial charge in [-0.1, -0.05) is 43.5 Å². The van der Waals surface area contributed by atoms with Gasteiger partial charge in [0.15, 0.2) is 5.78 Å². The molecule has 2 heteroatoms. The summed E-state index contributed by atoms with van der Waals surface area (Å²) >= 11 is 0. The van der Waals surface area contributed by atoms with E-state index in [-0.39, 0.29) is 5.54 Å². The number of nitrogens with zero attached hydrogens (tertiary/aromatic N) is 1.